The number of ether oxygens (including phenoxy) is 1. The van der Waals surface area contributed by atoms with Crippen molar-refractivity contribution in [2.75, 3.05) is 44.6 Å². The molecule has 1 aliphatic heterocycles. The molecule has 0 aliphatic carbocycles. The van der Waals surface area contributed by atoms with Gasteiger partial charge in [0.25, 0.3) is 5.91 Å². The molecule has 1 fully saturated rings. The minimum atomic E-state index is -0.450. The molecule has 33 heavy (non-hydrogen) atoms. The highest BCUT2D eigenvalue weighted by atomic mass is 32.1. The van der Waals surface area contributed by atoms with Crippen LogP contribution in [0.3, 0.4) is 0 Å². The van der Waals surface area contributed by atoms with Crippen LogP contribution in [-0.2, 0) is 9.53 Å². The van der Waals surface area contributed by atoms with E-state index in [1.165, 1.54) is 22.7 Å². The molecule has 3 heterocycles. The second kappa shape index (κ2) is 10.7. The monoisotopic (exact) mass is 483 g/mol. The molecule has 1 aliphatic rings. The van der Waals surface area contributed by atoms with Gasteiger partial charge in [0.15, 0.2) is 0 Å². The van der Waals surface area contributed by atoms with Gasteiger partial charge in [0.05, 0.1) is 18.0 Å². The zero-order chi connectivity index (χ0) is 23.2. The quantitative estimate of drug-likeness (QED) is 0.513. The molecule has 0 bridgehead atoms. The van der Waals surface area contributed by atoms with Crippen LogP contribution >= 0.6 is 22.7 Å². The second-order valence-electron chi connectivity index (χ2n) is 7.53. The summed E-state index contributed by atoms with van der Waals surface area (Å²) >= 11 is 2.75. The minimum Gasteiger partial charge on any atom is -0.462 e. The van der Waals surface area contributed by atoms with Crippen molar-refractivity contribution in [3.8, 4) is 11.1 Å². The third kappa shape index (κ3) is 5.50. The van der Waals surface area contributed by atoms with E-state index in [1.807, 2.05) is 63.0 Å². The van der Waals surface area contributed by atoms with Gasteiger partial charge in [-0.05, 0) is 23.9 Å². The lowest BCUT2D eigenvalue weighted by atomic mass is 10.0. The van der Waals surface area contributed by atoms with Crippen molar-refractivity contribution >= 4 is 45.5 Å². The van der Waals surface area contributed by atoms with E-state index in [9.17, 15) is 14.4 Å². The zero-order valence-corrected chi connectivity index (χ0v) is 19.9. The summed E-state index contributed by atoms with van der Waals surface area (Å²) in [6, 6.07) is 13.3. The molecule has 3 aromatic rings. The van der Waals surface area contributed by atoms with Gasteiger partial charge in [0.2, 0.25) is 5.91 Å². The molecule has 0 unspecified atom stereocenters. The Hall–Kier alpha value is -3.01. The number of esters is 1. The maximum Gasteiger partial charge on any atom is 0.341 e. The highest BCUT2D eigenvalue weighted by molar-refractivity contribution is 7.15. The third-order valence-electron chi connectivity index (χ3n) is 5.37. The van der Waals surface area contributed by atoms with Crippen LogP contribution in [0.1, 0.15) is 27.0 Å². The van der Waals surface area contributed by atoms with Crippen molar-refractivity contribution in [3.05, 3.63) is 63.7 Å². The molecular formula is C24H25N3O4S2. The molecular weight excluding hydrogens is 458 g/mol. The highest BCUT2D eigenvalue weighted by Gasteiger charge is 2.26. The Labute approximate surface area is 200 Å². The van der Waals surface area contributed by atoms with Gasteiger partial charge in [-0.1, -0.05) is 36.4 Å². The van der Waals surface area contributed by atoms with Crippen LogP contribution in [0.25, 0.3) is 11.1 Å². The number of hydrogen-bond donors (Lipinski definition) is 1. The largest absolute Gasteiger partial charge is 0.462 e. The van der Waals surface area contributed by atoms with E-state index in [-0.39, 0.29) is 25.0 Å². The summed E-state index contributed by atoms with van der Waals surface area (Å²) in [5.41, 5.74) is 2.02. The summed E-state index contributed by atoms with van der Waals surface area (Å²) in [7, 11) is 0. The van der Waals surface area contributed by atoms with E-state index in [4.69, 9.17) is 4.74 Å². The molecule has 7 nitrogen and oxygen atoms in total. The number of nitrogens with zero attached hydrogens (tertiary/aromatic N) is 2. The molecule has 2 aromatic heterocycles. The molecule has 0 saturated carbocycles. The Balaban J connectivity index is 1.39. The molecule has 1 aromatic carbocycles. The minimum absolute atomic E-state index is 0.0419. The first-order chi connectivity index (χ1) is 16.1. The summed E-state index contributed by atoms with van der Waals surface area (Å²) < 4.78 is 5.25. The predicted molar refractivity (Wildman–Crippen MR) is 131 cm³/mol. The summed E-state index contributed by atoms with van der Waals surface area (Å²) in [4.78, 5) is 42.5. The van der Waals surface area contributed by atoms with Crippen LogP contribution in [0.5, 0.6) is 0 Å². The fourth-order valence-electron chi connectivity index (χ4n) is 3.72. The summed E-state index contributed by atoms with van der Waals surface area (Å²) in [5, 5.41) is 7.15. The van der Waals surface area contributed by atoms with Crippen LogP contribution < -0.4 is 5.32 Å². The Morgan fingerprint density at radius 1 is 1.00 bits per heavy atom. The molecule has 9 heteroatoms. The third-order valence-corrected chi connectivity index (χ3v) is 7.12. The van der Waals surface area contributed by atoms with E-state index in [0.717, 1.165) is 16.0 Å². The molecule has 2 amide bonds. The van der Waals surface area contributed by atoms with Crippen molar-refractivity contribution in [3.63, 3.8) is 0 Å². The van der Waals surface area contributed by atoms with E-state index >= 15 is 0 Å². The smallest absolute Gasteiger partial charge is 0.341 e. The lowest BCUT2D eigenvalue weighted by Crippen LogP contribution is -2.50. The number of nitrogens with one attached hydrogen (secondary N) is 1. The SMILES string of the molecule is CCOC(=O)c1c(-c2ccccc2)csc1NC(=O)CN1CCN(C(=O)c2cccs2)CC1. The summed E-state index contributed by atoms with van der Waals surface area (Å²) in [6.45, 7) is 4.61. The van der Waals surface area contributed by atoms with Crippen molar-refractivity contribution in [2.45, 2.75) is 6.92 Å². The Morgan fingerprint density at radius 3 is 2.42 bits per heavy atom. The molecule has 1 saturated heterocycles. The van der Waals surface area contributed by atoms with Gasteiger partial charge >= 0.3 is 5.97 Å². The van der Waals surface area contributed by atoms with Gasteiger partial charge in [-0.2, -0.15) is 0 Å². The first kappa shape index (κ1) is 23.2. The van der Waals surface area contributed by atoms with Gasteiger partial charge in [-0.3, -0.25) is 14.5 Å². The zero-order valence-electron chi connectivity index (χ0n) is 18.3. The first-order valence-corrected chi connectivity index (χ1v) is 12.5. The van der Waals surface area contributed by atoms with Crippen LogP contribution in [-0.4, -0.2) is 66.9 Å². The van der Waals surface area contributed by atoms with E-state index in [2.05, 4.69) is 5.32 Å². The van der Waals surface area contributed by atoms with Gasteiger partial charge in [-0.25, -0.2) is 4.79 Å². The highest BCUT2D eigenvalue weighted by Crippen LogP contribution is 2.36. The Kier molecular flexibility index (Phi) is 7.54. The van der Waals surface area contributed by atoms with Gasteiger partial charge in [0, 0.05) is 37.1 Å². The fourth-order valence-corrected chi connectivity index (χ4v) is 5.38. The van der Waals surface area contributed by atoms with Gasteiger partial charge in [0.1, 0.15) is 10.6 Å². The van der Waals surface area contributed by atoms with Crippen LogP contribution in [0.4, 0.5) is 5.00 Å². The number of rotatable bonds is 7. The maximum absolute atomic E-state index is 12.8. The molecule has 4 rings (SSSR count). The number of carbonyl (C=O) groups is 3. The van der Waals surface area contributed by atoms with Crippen molar-refractivity contribution in [1.29, 1.82) is 0 Å². The average Bonchev–Trinajstić information content (AvgIpc) is 3.50. The number of piperazine rings is 1. The predicted octanol–water partition coefficient (Wildman–Crippen LogP) is 4.05. The Bertz CT molecular complexity index is 1100. The topological polar surface area (TPSA) is 79.0 Å². The number of hydrogen-bond acceptors (Lipinski definition) is 7. The van der Waals surface area contributed by atoms with E-state index in [0.29, 0.717) is 36.7 Å². The standard InChI is InChI=1S/C24H25N3O4S2/c1-2-31-24(30)21-18(17-7-4-3-5-8-17)16-33-22(21)25-20(28)15-26-10-12-27(13-11-26)23(29)19-9-6-14-32-19/h3-9,14,16H,2,10-13,15H2,1H3,(H,25,28). The Morgan fingerprint density at radius 2 is 1.76 bits per heavy atom. The maximum atomic E-state index is 12.8. The van der Waals surface area contributed by atoms with Gasteiger partial charge in [-0.15, -0.1) is 22.7 Å². The number of benzene rings is 1. The lowest BCUT2D eigenvalue weighted by Gasteiger charge is -2.34. The van der Waals surface area contributed by atoms with Gasteiger partial charge < -0.3 is 15.0 Å². The van der Waals surface area contributed by atoms with Crippen molar-refractivity contribution in [1.82, 2.24) is 9.80 Å². The summed E-state index contributed by atoms with van der Waals surface area (Å²) in [5.74, 6) is -0.603. The second-order valence-corrected chi connectivity index (χ2v) is 9.36. The molecule has 0 radical (unpaired) electrons. The fraction of sp³-hybridized carbons (Fsp3) is 0.292. The first-order valence-electron chi connectivity index (χ1n) is 10.8. The van der Waals surface area contributed by atoms with Crippen LogP contribution in [0.15, 0.2) is 53.2 Å². The van der Waals surface area contributed by atoms with Crippen LogP contribution in [0.2, 0.25) is 0 Å². The van der Waals surface area contributed by atoms with E-state index < -0.39 is 5.97 Å². The number of amides is 2. The van der Waals surface area contributed by atoms with Crippen molar-refractivity contribution < 1.29 is 19.1 Å². The van der Waals surface area contributed by atoms with Crippen LogP contribution in [0, 0.1) is 0 Å². The molecule has 172 valence electrons. The number of thiophene rings is 2. The number of anilines is 1. The molecule has 1 N–H and O–H groups in total. The number of carbonyl (C=O) groups excluding carboxylic acids is 3. The lowest BCUT2D eigenvalue weighted by molar-refractivity contribution is -0.117. The average molecular weight is 484 g/mol. The van der Waals surface area contributed by atoms with Crippen molar-refractivity contribution in [2.24, 2.45) is 0 Å². The molecule has 0 atom stereocenters. The summed E-state index contributed by atoms with van der Waals surface area (Å²) in [6.07, 6.45) is 0. The normalized spacial score (nSPS) is 14.2. The van der Waals surface area contributed by atoms with E-state index in [1.54, 1.807) is 6.92 Å². The molecule has 0 spiro atoms.